The van der Waals surface area contributed by atoms with Crippen molar-refractivity contribution in [1.82, 2.24) is 25.1 Å². The lowest BCUT2D eigenvalue weighted by atomic mass is 9.82. The number of hydrogen-bond donors (Lipinski definition) is 3. The van der Waals surface area contributed by atoms with E-state index < -0.39 is 70.4 Å². The van der Waals surface area contributed by atoms with Gasteiger partial charge in [-0.3, -0.25) is 14.3 Å². The first kappa shape index (κ1) is 31.5. The summed E-state index contributed by atoms with van der Waals surface area (Å²) in [5.41, 5.74) is -2.23. The molecule has 1 unspecified atom stereocenters. The van der Waals surface area contributed by atoms with Gasteiger partial charge in [-0.05, 0) is 38.0 Å². The van der Waals surface area contributed by atoms with E-state index in [1.54, 1.807) is 10.9 Å². The second-order valence-corrected chi connectivity index (χ2v) is 12.1. The minimum atomic E-state index is -5.49. The average molecular weight is 671 g/mol. The Morgan fingerprint density at radius 1 is 1.20 bits per heavy atom. The summed E-state index contributed by atoms with van der Waals surface area (Å²) < 4.78 is 96.6. The van der Waals surface area contributed by atoms with E-state index in [0.717, 1.165) is 24.3 Å². The third-order valence-corrected chi connectivity index (χ3v) is 8.88. The summed E-state index contributed by atoms with van der Waals surface area (Å²) in [6, 6.07) is 3.64. The molecule has 1 aliphatic carbocycles. The Labute approximate surface area is 259 Å². The minimum absolute atomic E-state index is 0.0938. The number of alkyl halides is 6. The highest BCUT2D eigenvalue weighted by atomic mass is 32.1. The highest BCUT2D eigenvalue weighted by Crippen LogP contribution is 2.48. The third-order valence-electron chi connectivity index (χ3n) is 8.00. The molecule has 2 aliphatic rings. The maximum atomic E-state index is 14.7. The van der Waals surface area contributed by atoms with Gasteiger partial charge in [-0.1, -0.05) is 0 Å². The number of nitrogens with two attached hydrogens (primary N) is 1. The van der Waals surface area contributed by atoms with Crippen molar-refractivity contribution in [1.29, 1.82) is 0 Å². The van der Waals surface area contributed by atoms with Gasteiger partial charge in [0.2, 0.25) is 11.5 Å². The second-order valence-electron chi connectivity index (χ2n) is 11.3. The molecule has 0 saturated heterocycles. The molecule has 1 aromatic carbocycles. The summed E-state index contributed by atoms with van der Waals surface area (Å²) in [7, 11) is 1.34. The van der Waals surface area contributed by atoms with Crippen LogP contribution in [0.25, 0.3) is 22.3 Å². The molecule has 18 heteroatoms. The highest BCUT2D eigenvalue weighted by molar-refractivity contribution is 7.10. The number of ether oxygens (including phenoxy) is 2. The van der Waals surface area contributed by atoms with Crippen LogP contribution < -0.4 is 20.5 Å². The predicted octanol–water partition coefficient (Wildman–Crippen LogP) is 4.23. The fourth-order valence-corrected chi connectivity index (χ4v) is 5.74. The molecular formula is C28H24F6N6O5S. The van der Waals surface area contributed by atoms with Gasteiger partial charge in [0.05, 0.1) is 25.4 Å². The minimum Gasteiger partial charge on any atom is -0.494 e. The molecule has 2 amide bonds. The van der Waals surface area contributed by atoms with Crippen LogP contribution in [0.1, 0.15) is 52.4 Å². The number of nitrogens with zero attached hydrogens (tertiary/aromatic N) is 4. The van der Waals surface area contributed by atoms with Crippen LogP contribution in [-0.4, -0.2) is 63.1 Å². The monoisotopic (exact) mass is 670 g/mol. The zero-order chi connectivity index (χ0) is 33.4. The number of aromatic nitrogens is 4. The highest BCUT2D eigenvalue weighted by Gasteiger charge is 2.58. The maximum absolute atomic E-state index is 14.7. The maximum Gasteiger partial charge on any atom is 0.443 e. The molecule has 11 nitrogen and oxygen atoms in total. The van der Waals surface area contributed by atoms with Crippen LogP contribution in [0.2, 0.25) is 0 Å². The van der Waals surface area contributed by atoms with Crippen molar-refractivity contribution in [2.45, 2.75) is 49.2 Å². The standard InChI is InChI=1S/C28H24F6N6O5S/c1-25(23(35)42)11-45-21-15(25)7-18(38-20(21)16-9-46-24(37-16)27(29,30)31)26(43,28(32,33)34)10-36-22(41)12-5-13-8-40(14-3-4-14)39-19(13)17(6-12)44-2/h5-9,14,43H,3-4,10-11H2,1-2H3,(H2,35,42)(H,36,41)/t25-,26?/m0/s1. The molecule has 4 heterocycles. The number of amides is 2. The largest absolute Gasteiger partial charge is 0.494 e. The van der Waals surface area contributed by atoms with E-state index in [1.165, 1.54) is 26.2 Å². The first-order valence-corrected chi connectivity index (χ1v) is 14.5. The molecule has 244 valence electrons. The van der Waals surface area contributed by atoms with Crippen LogP contribution in [0.15, 0.2) is 29.8 Å². The van der Waals surface area contributed by atoms with Gasteiger partial charge in [0, 0.05) is 28.1 Å². The molecule has 0 radical (unpaired) electrons. The lowest BCUT2D eigenvalue weighted by molar-refractivity contribution is -0.265. The van der Waals surface area contributed by atoms with E-state index in [1.807, 2.05) is 0 Å². The van der Waals surface area contributed by atoms with Gasteiger partial charge in [0.25, 0.3) is 5.91 Å². The molecule has 4 N–H and O–H groups in total. The Bertz CT molecular complexity index is 1890. The second kappa shape index (κ2) is 10.5. The zero-order valence-corrected chi connectivity index (χ0v) is 24.7. The summed E-state index contributed by atoms with van der Waals surface area (Å²) in [5.74, 6) is -2.14. The van der Waals surface area contributed by atoms with Gasteiger partial charge in [0.1, 0.15) is 34.7 Å². The Morgan fingerprint density at radius 2 is 1.91 bits per heavy atom. The van der Waals surface area contributed by atoms with Crippen LogP contribution >= 0.6 is 11.3 Å². The van der Waals surface area contributed by atoms with Gasteiger partial charge in [0.15, 0.2) is 10.8 Å². The zero-order valence-electron chi connectivity index (χ0n) is 23.9. The lowest BCUT2D eigenvalue weighted by Crippen LogP contribution is -2.51. The Hall–Kier alpha value is -4.45. The molecule has 1 saturated carbocycles. The van der Waals surface area contributed by atoms with Crippen molar-refractivity contribution in [3.63, 3.8) is 0 Å². The van der Waals surface area contributed by atoms with E-state index >= 15 is 0 Å². The Kier molecular flexibility index (Phi) is 7.23. The van der Waals surface area contributed by atoms with E-state index in [4.69, 9.17) is 15.2 Å². The molecular weight excluding hydrogens is 646 g/mol. The number of fused-ring (bicyclic) bond motifs is 2. The number of primary amides is 1. The van der Waals surface area contributed by atoms with E-state index in [-0.39, 0.29) is 40.0 Å². The SMILES string of the molecule is COc1cc(C(=O)NCC(O)(c2cc3c(c(-c4csc(C(F)(F)F)n4)n2)OC[C@]3(C)C(N)=O)C(F)(F)F)cc2cn(C3CC3)nc12. The van der Waals surface area contributed by atoms with Crippen molar-refractivity contribution in [3.8, 4) is 22.9 Å². The Balaban J connectivity index is 1.40. The lowest BCUT2D eigenvalue weighted by Gasteiger charge is -2.31. The molecule has 3 aromatic heterocycles. The summed E-state index contributed by atoms with van der Waals surface area (Å²) in [4.78, 5) is 32.9. The molecule has 1 aliphatic heterocycles. The van der Waals surface area contributed by atoms with Crippen molar-refractivity contribution in [2.24, 2.45) is 5.73 Å². The first-order chi connectivity index (χ1) is 21.5. The number of halogens is 6. The number of nitrogens with one attached hydrogen (secondary N) is 1. The van der Waals surface area contributed by atoms with Crippen molar-refractivity contribution >= 4 is 34.1 Å². The number of thiazole rings is 1. The van der Waals surface area contributed by atoms with Gasteiger partial charge in [-0.15, -0.1) is 11.3 Å². The summed E-state index contributed by atoms with van der Waals surface area (Å²) >= 11 is 0.163. The van der Waals surface area contributed by atoms with Crippen LogP contribution in [0.5, 0.6) is 11.5 Å². The number of benzene rings is 1. The topological polar surface area (TPSA) is 154 Å². The predicted molar refractivity (Wildman–Crippen MR) is 149 cm³/mol. The average Bonchev–Trinajstić information content (AvgIpc) is 3.38. The van der Waals surface area contributed by atoms with Crippen LogP contribution in [0, 0.1) is 0 Å². The van der Waals surface area contributed by atoms with Crippen molar-refractivity contribution < 1.29 is 50.5 Å². The molecule has 0 bridgehead atoms. The van der Waals surface area contributed by atoms with Gasteiger partial charge < -0.3 is 25.6 Å². The van der Waals surface area contributed by atoms with Gasteiger partial charge >= 0.3 is 12.4 Å². The van der Waals surface area contributed by atoms with E-state index in [2.05, 4.69) is 20.4 Å². The normalized spacial score (nSPS) is 19.4. The molecule has 0 spiro atoms. The van der Waals surface area contributed by atoms with Gasteiger partial charge in [-0.25, -0.2) is 9.97 Å². The van der Waals surface area contributed by atoms with E-state index in [0.29, 0.717) is 10.9 Å². The fraction of sp³-hybridized carbons (Fsp3) is 0.393. The van der Waals surface area contributed by atoms with Gasteiger partial charge in [-0.2, -0.15) is 31.4 Å². The molecule has 46 heavy (non-hydrogen) atoms. The number of rotatable bonds is 8. The van der Waals surface area contributed by atoms with Crippen molar-refractivity contribution in [3.05, 3.63) is 51.6 Å². The molecule has 6 rings (SSSR count). The quantitative estimate of drug-likeness (QED) is 0.236. The number of methoxy groups -OCH3 is 1. The summed E-state index contributed by atoms with van der Waals surface area (Å²) in [6.45, 7) is -0.670. The van der Waals surface area contributed by atoms with Crippen LogP contribution in [-0.2, 0) is 22.0 Å². The number of aliphatic hydroxyl groups is 1. The molecule has 1 fully saturated rings. The first-order valence-electron chi connectivity index (χ1n) is 13.6. The number of pyridine rings is 1. The van der Waals surface area contributed by atoms with Crippen molar-refractivity contribution in [2.75, 3.05) is 20.3 Å². The van der Waals surface area contributed by atoms with E-state index in [9.17, 15) is 41.0 Å². The summed E-state index contributed by atoms with van der Waals surface area (Å²) in [5, 5.41) is 17.8. The third kappa shape index (κ3) is 5.18. The Morgan fingerprint density at radius 3 is 2.50 bits per heavy atom. The van der Waals surface area contributed by atoms with Crippen LogP contribution in [0.3, 0.4) is 0 Å². The number of carbonyl (C=O) groups is 2. The smallest absolute Gasteiger partial charge is 0.443 e. The number of carbonyl (C=O) groups excluding carboxylic acids is 2. The molecule has 2 atom stereocenters. The fourth-order valence-electron chi connectivity index (χ4n) is 5.07. The number of hydrogen-bond acceptors (Lipinski definition) is 9. The molecule has 4 aromatic rings. The van der Waals surface area contributed by atoms with Crippen LogP contribution in [0.4, 0.5) is 26.3 Å². The summed E-state index contributed by atoms with van der Waals surface area (Å²) in [6.07, 6.45) is -6.82.